The average molecular weight is 480 g/mol. The van der Waals surface area contributed by atoms with Gasteiger partial charge in [-0.05, 0) is 36.4 Å². The third-order valence-electron chi connectivity index (χ3n) is 5.98. The number of nitrogens with one attached hydrogen (secondary N) is 2. The highest BCUT2D eigenvalue weighted by atomic mass is 32.2. The Kier molecular flexibility index (Phi) is 5.84. The normalized spacial score (nSPS) is 18.1. The Morgan fingerprint density at radius 3 is 2.74 bits per heavy atom. The van der Waals surface area contributed by atoms with Crippen LogP contribution in [0.4, 0.5) is 10.1 Å². The first-order valence-electron chi connectivity index (χ1n) is 10.8. The van der Waals surface area contributed by atoms with Crippen LogP contribution >= 0.6 is 0 Å². The van der Waals surface area contributed by atoms with Crippen molar-refractivity contribution in [3.63, 3.8) is 0 Å². The maximum absolute atomic E-state index is 14.1. The van der Waals surface area contributed by atoms with Gasteiger partial charge in [-0.3, -0.25) is 19.8 Å². The quantitative estimate of drug-likeness (QED) is 0.456. The van der Waals surface area contributed by atoms with E-state index in [1.807, 2.05) is 12.1 Å². The van der Waals surface area contributed by atoms with E-state index in [-0.39, 0.29) is 31.2 Å². The van der Waals surface area contributed by atoms with Gasteiger partial charge in [0.1, 0.15) is 11.5 Å². The molecule has 3 heterocycles. The molecule has 0 saturated carbocycles. The van der Waals surface area contributed by atoms with Crippen LogP contribution in [-0.4, -0.2) is 58.5 Å². The number of pyridine rings is 1. The van der Waals surface area contributed by atoms with Crippen LogP contribution in [0.25, 0.3) is 22.2 Å². The fraction of sp³-hybridized carbons (Fsp3) is 0.208. The summed E-state index contributed by atoms with van der Waals surface area (Å²) in [6.07, 6.45) is 3.34. The van der Waals surface area contributed by atoms with Crippen LogP contribution in [0, 0.1) is 5.82 Å². The van der Waals surface area contributed by atoms with Crippen LogP contribution in [0.3, 0.4) is 0 Å². The number of amides is 1. The summed E-state index contributed by atoms with van der Waals surface area (Å²) in [6, 6.07) is 15.3. The molecule has 34 heavy (non-hydrogen) atoms. The molecule has 5 rings (SSSR count). The van der Waals surface area contributed by atoms with Gasteiger partial charge < -0.3 is 5.32 Å². The molecule has 0 aliphatic carbocycles. The third kappa shape index (κ3) is 4.42. The van der Waals surface area contributed by atoms with Gasteiger partial charge in [0.2, 0.25) is 5.91 Å². The molecule has 4 aromatic rings. The molecular formula is C24H22FN5O3S. The van der Waals surface area contributed by atoms with E-state index in [9.17, 15) is 17.6 Å². The van der Waals surface area contributed by atoms with Crippen LogP contribution in [0.15, 0.2) is 67.0 Å². The molecule has 2 aromatic heterocycles. The van der Waals surface area contributed by atoms with E-state index in [2.05, 4.69) is 20.5 Å². The Hall–Kier alpha value is -3.63. The predicted octanol–water partition coefficient (Wildman–Crippen LogP) is 3.00. The van der Waals surface area contributed by atoms with Gasteiger partial charge in [0.05, 0.1) is 11.3 Å². The van der Waals surface area contributed by atoms with Crippen LogP contribution in [0.5, 0.6) is 0 Å². The molecule has 1 aliphatic rings. The maximum Gasteiger partial charge on any atom is 0.244 e. The lowest BCUT2D eigenvalue weighted by molar-refractivity contribution is -0.116. The SMILES string of the molecule is O=C(Nc1ccc2[nH]nc(-c3ccncc3)c2c1)C1CN(Cc2ccccc2F)CCS1(=O)=O. The number of benzene rings is 2. The number of rotatable bonds is 5. The van der Waals surface area contributed by atoms with Crippen molar-refractivity contribution >= 4 is 32.3 Å². The highest BCUT2D eigenvalue weighted by molar-refractivity contribution is 7.92. The summed E-state index contributed by atoms with van der Waals surface area (Å²) < 4.78 is 39.5. The van der Waals surface area contributed by atoms with E-state index >= 15 is 0 Å². The molecule has 0 spiro atoms. The number of hydrogen-bond acceptors (Lipinski definition) is 6. The second kappa shape index (κ2) is 8.96. The van der Waals surface area contributed by atoms with Gasteiger partial charge in [0.25, 0.3) is 0 Å². The largest absolute Gasteiger partial charge is 0.325 e. The predicted molar refractivity (Wildman–Crippen MR) is 127 cm³/mol. The Balaban J connectivity index is 1.36. The Morgan fingerprint density at radius 1 is 1.15 bits per heavy atom. The van der Waals surface area contributed by atoms with Crippen molar-refractivity contribution in [1.29, 1.82) is 0 Å². The molecule has 1 fully saturated rings. The summed E-state index contributed by atoms with van der Waals surface area (Å²) >= 11 is 0. The molecule has 1 saturated heterocycles. The number of fused-ring (bicyclic) bond motifs is 1. The number of sulfone groups is 1. The van der Waals surface area contributed by atoms with Gasteiger partial charge in [0, 0.05) is 54.2 Å². The molecule has 1 amide bonds. The summed E-state index contributed by atoms with van der Waals surface area (Å²) in [5.74, 6) is -1.12. The third-order valence-corrected chi connectivity index (χ3v) is 7.96. The number of anilines is 1. The van der Waals surface area contributed by atoms with Gasteiger partial charge in [-0.25, -0.2) is 12.8 Å². The van der Waals surface area contributed by atoms with E-state index in [0.717, 1.165) is 16.5 Å². The molecule has 0 radical (unpaired) electrons. The van der Waals surface area contributed by atoms with Crippen molar-refractivity contribution < 1.29 is 17.6 Å². The van der Waals surface area contributed by atoms with Crippen molar-refractivity contribution in [3.8, 4) is 11.3 Å². The van der Waals surface area contributed by atoms with Gasteiger partial charge in [-0.2, -0.15) is 5.10 Å². The summed E-state index contributed by atoms with van der Waals surface area (Å²) in [7, 11) is -3.63. The number of carbonyl (C=O) groups is 1. The second-order valence-electron chi connectivity index (χ2n) is 8.24. The topological polar surface area (TPSA) is 108 Å². The fourth-order valence-corrected chi connectivity index (χ4v) is 5.76. The van der Waals surface area contributed by atoms with Crippen molar-refractivity contribution in [3.05, 3.63) is 78.4 Å². The molecule has 174 valence electrons. The maximum atomic E-state index is 14.1. The zero-order chi connectivity index (χ0) is 23.7. The summed E-state index contributed by atoms with van der Waals surface area (Å²) in [5.41, 5.74) is 3.29. The summed E-state index contributed by atoms with van der Waals surface area (Å²) in [5, 5.41) is 9.61. The van der Waals surface area contributed by atoms with Crippen molar-refractivity contribution in [2.24, 2.45) is 0 Å². The first-order chi connectivity index (χ1) is 16.4. The first kappa shape index (κ1) is 22.2. The Morgan fingerprint density at radius 2 is 1.94 bits per heavy atom. The number of aromatic nitrogens is 3. The lowest BCUT2D eigenvalue weighted by Gasteiger charge is -2.32. The van der Waals surface area contributed by atoms with Gasteiger partial charge in [-0.15, -0.1) is 0 Å². The molecule has 2 aromatic carbocycles. The second-order valence-corrected chi connectivity index (χ2v) is 10.5. The van der Waals surface area contributed by atoms with Gasteiger partial charge >= 0.3 is 0 Å². The molecule has 10 heteroatoms. The van der Waals surface area contributed by atoms with Gasteiger partial charge in [0.15, 0.2) is 15.1 Å². The highest BCUT2D eigenvalue weighted by Crippen LogP contribution is 2.28. The summed E-state index contributed by atoms with van der Waals surface area (Å²) in [6.45, 7) is 0.484. The molecule has 0 bridgehead atoms. The standard InChI is InChI=1S/C24H22FN5O3S/c25-20-4-2-1-3-17(20)14-30-11-12-34(32,33)22(15-30)24(31)27-18-5-6-21-19(13-18)23(29-28-21)16-7-9-26-10-8-16/h1-10,13,22H,11-12,14-15H2,(H,27,31)(H,28,29). The molecular weight excluding hydrogens is 457 g/mol. The highest BCUT2D eigenvalue weighted by Gasteiger charge is 2.38. The van der Waals surface area contributed by atoms with Crippen LogP contribution in [-0.2, 0) is 21.2 Å². The Labute approximate surface area is 195 Å². The van der Waals surface area contributed by atoms with Gasteiger partial charge in [-0.1, -0.05) is 18.2 Å². The molecule has 1 unspecified atom stereocenters. The molecule has 8 nitrogen and oxygen atoms in total. The minimum absolute atomic E-state index is 0.00127. The number of carbonyl (C=O) groups excluding carboxylic acids is 1. The van der Waals surface area contributed by atoms with Crippen molar-refractivity contribution in [1.82, 2.24) is 20.1 Å². The van der Waals surface area contributed by atoms with E-state index in [1.54, 1.807) is 53.7 Å². The lowest BCUT2D eigenvalue weighted by Crippen LogP contribution is -2.51. The van der Waals surface area contributed by atoms with E-state index in [0.29, 0.717) is 16.9 Å². The van der Waals surface area contributed by atoms with Crippen molar-refractivity contribution in [2.45, 2.75) is 11.8 Å². The van der Waals surface area contributed by atoms with Crippen LogP contribution < -0.4 is 5.32 Å². The first-order valence-corrected chi connectivity index (χ1v) is 12.5. The van der Waals surface area contributed by atoms with E-state index < -0.39 is 21.0 Å². The van der Waals surface area contributed by atoms with Crippen LogP contribution in [0.2, 0.25) is 0 Å². The fourth-order valence-electron chi connectivity index (χ4n) is 4.14. The summed E-state index contributed by atoms with van der Waals surface area (Å²) in [4.78, 5) is 18.9. The van der Waals surface area contributed by atoms with Crippen LogP contribution in [0.1, 0.15) is 5.56 Å². The minimum atomic E-state index is -3.63. The van der Waals surface area contributed by atoms with E-state index in [4.69, 9.17) is 0 Å². The Bertz CT molecular complexity index is 1460. The monoisotopic (exact) mass is 479 g/mol. The van der Waals surface area contributed by atoms with Crippen molar-refractivity contribution in [2.75, 3.05) is 24.2 Å². The number of H-pyrrole nitrogens is 1. The average Bonchev–Trinajstić information content (AvgIpc) is 3.25. The number of aromatic amines is 1. The number of halogens is 1. The number of nitrogens with zero attached hydrogens (tertiary/aromatic N) is 3. The zero-order valence-electron chi connectivity index (χ0n) is 18.1. The molecule has 1 aliphatic heterocycles. The minimum Gasteiger partial charge on any atom is -0.325 e. The van der Waals surface area contributed by atoms with E-state index in [1.165, 1.54) is 6.07 Å². The molecule has 1 atom stereocenters. The lowest BCUT2D eigenvalue weighted by atomic mass is 10.1. The smallest absolute Gasteiger partial charge is 0.244 e. The zero-order valence-corrected chi connectivity index (χ0v) is 18.9. The number of hydrogen-bond donors (Lipinski definition) is 2. The molecule has 2 N–H and O–H groups in total.